The lowest BCUT2D eigenvalue weighted by Gasteiger charge is -2.21. The SMILES string of the molecule is CCNCc1ccc(CN(C)C(C)C)cc1. The average Bonchev–Trinajstić information content (AvgIpc) is 2.28. The minimum Gasteiger partial charge on any atom is -0.313 e. The Kier molecular flexibility index (Phi) is 5.50. The van der Waals surface area contributed by atoms with E-state index in [1.165, 1.54) is 11.1 Å². The van der Waals surface area contributed by atoms with E-state index in [0.717, 1.165) is 19.6 Å². The zero-order chi connectivity index (χ0) is 12.0. The van der Waals surface area contributed by atoms with Crippen molar-refractivity contribution in [1.82, 2.24) is 10.2 Å². The topological polar surface area (TPSA) is 15.3 Å². The van der Waals surface area contributed by atoms with Gasteiger partial charge in [-0.3, -0.25) is 4.90 Å². The first-order valence-electron chi connectivity index (χ1n) is 6.12. The molecule has 0 radical (unpaired) electrons. The third kappa shape index (κ3) is 4.33. The van der Waals surface area contributed by atoms with E-state index in [1.54, 1.807) is 0 Å². The summed E-state index contributed by atoms with van der Waals surface area (Å²) in [6, 6.07) is 9.48. The molecule has 0 bridgehead atoms. The number of benzene rings is 1. The van der Waals surface area contributed by atoms with E-state index in [-0.39, 0.29) is 0 Å². The predicted molar refractivity (Wildman–Crippen MR) is 70.4 cm³/mol. The number of hydrogen-bond donors (Lipinski definition) is 1. The van der Waals surface area contributed by atoms with Gasteiger partial charge in [0.2, 0.25) is 0 Å². The smallest absolute Gasteiger partial charge is 0.0233 e. The van der Waals surface area contributed by atoms with Gasteiger partial charge in [-0.2, -0.15) is 0 Å². The molecular weight excluding hydrogens is 196 g/mol. The molecule has 0 spiro atoms. The maximum absolute atomic E-state index is 3.33. The maximum atomic E-state index is 3.33. The van der Waals surface area contributed by atoms with Gasteiger partial charge in [0, 0.05) is 19.1 Å². The van der Waals surface area contributed by atoms with Gasteiger partial charge in [-0.25, -0.2) is 0 Å². The van der Waals surface area contributed by atoms with Crippen LogP contribution < -0.4 is 5.32 Å². The van der Waals surface area contributed by atoms with Crippen molar-refractivity contribution in [2.45, 2.75) is 39.9 Å². The Morgan fingerprint density at radius 2 is 1.69 bits per heavy atom. The molecule has 0 aromatic heterocycles. The molecule has 0 heterocycles. The summed E-state index contributed by atoms with van der Waals surface area (Å²) in [5, 5.41) is 3.33. The first kappa shape index (κ1) is 13.2. The molecule has 90 valence electrons. The van der Waals surface area contributed by atoms with Crippen LogP contribution in [0.3, 0.4) is 0 Å². The van der Waals surface area contributed by atoms with Crippen LogP contribution in [0, 0.1) is 0 Å². The molecule has 1 rings (SSSR count). The minimum absolute atomic E-state index is 0.599. The molecule has 2 nitrogen and oxygen atoms in total. The van der Waals surface area contributed by atoms with Crippen molar-refractivity contribution < 1.29 is 0 Å². The molecule has 1 N–H and O–H groups in total. The number of hydrogen-bond acceptors (Lipinski definition) is 2. The Morgan fingerprint density at radius 3 is 2.19 bits per heavy atom. The fourth-order valence-corrected chi connectivity index (χ4v) is 1.50. The highest BCUT2D eigenvalue weighted by Gasteiger charge is 2.03. The first-order valence-corrected chi connectivity index (χ1v) is 6.12. The van der Waals surface area contributed by atoms with E-state index in [9.17, 15) is 0 Å². The van der Waals surface area contributed by atoms with Crippen LogP contribution in [-0.4, -0.2) is 24.5 Å². The van der Waals surface area contributed by atoms with Gasteiger partial charge in [-0.05, 0) is 38.6 Å². The van der Waals surface area contributed by atoms with Crippen LogP contribution >= 0.6 is 0 Å². The Hall–Kier alpha value is -0.860. The molecule has 2 heteroatoms. The molecule has 0 aliphatic carbocycles. The molecule has 0 aliphatic heterocycles. The highest BCUT2D eigenvalue weighted by Crippen LogP contribution is 2.08. The van der Waals surface area contributed by atoms with E-state index >= 15 is 0 Å². The van der Waals surface area contributed by atoms with Crippen LogP contribution in [-0.2, 0) is 13.1 Å². The Balaban J connectivity index is 2.51. The Morgan fingerprint density at radius 1 is 1.12 bits per heavy atom. The lowest BCUT2D eigenvalue weighted by atomic mass is 10.1. The Bertz CT molecular complexity index is 290. The van der Waals surface area contributed by atoms with E-state index in [2.05, 4.69) is 62.3 Å². The summed E-state index contributed by atoms with van der Waals surface area (Å²) in [7, 11) is 2.16. The molecule has 16 heavy (non-hydrogen) atoms. The van der Waals surface area contributed by atoms with Gasteiger partial charge in [-0.1, -0.05) is 31.2 Å². The van der Waals surface area contributed by atoms with Crippen molar-refractivity contribution in [1.29, 1.82) is 0 Å². The van der Waals surface area contributed by atoms with Crippen LogP contribution in [0.2, 0.25) is 0 Å². The normalized spacial score (nSPS) is 11.4. The molecule has 0 aliphatic rings. The van der Waals surface area contributed by atoms with Gasteiger partial charge < -0.3 is 5.32 Å². The van der Waals surface area contributed by atoms with Crippen molar-refractivity contribution >= 4 is 0 Å². The van der Waals surface area contributed by atoms with Gasteiger partial charge in [0.1, 0.15) is 0 Å². The average molecular weight is 220 g/mol. The third-order valence-corrected chi connectivity index (χ3v) is 2.92. The van der Waals surface area contributed by atoms with Gasteiger partial charge in [0.25, 0.3) is 0 Å². The summed E-state index contributed by atoms with van der Waals surface area (Å²) in [5.41, 5.74) is 2.74. The standard InChI is InChI=1S/C14H24N2/c1-5-15-10-13-6-8-14(9-7-13)11-16(4)12(2)3/h6-9,12,15H,5,10-11H2,1-4H3. The molecule has 0 saturated carbocycles. The summed E-state index contributed by atoms with van der Waals surface area (Å²) >= 11 is 0. The van der Waals surface area contributed by atoms with Gasteiger partial charge in [0.05, 0.1) is 0 Å². The number of nitrogens with zero attached hydrogens (tertiary/aromatic N) is 1. The second kappa shape index (κ2) is 6.66. The first-order chi connectivity index (χ1) is 7.63. The van der Waals surface area contributed by atoms with Crippen LogP contribution in [0.25, 0.3) is 0 Å². The van der Waals surface area contributed by atoms with Gasteiger partial charge in [-0.15, -0.1) is 0 Å². The van der Waals surface area contributed by atoms with E-state index in [1.807, 2.05) is 0 Å². The minimum atomic E-state index is 0.599. The van der Waals surface area contributed by atoms with Crippen molar-refractivity contribution in [3.8, 4) is 0 Å². The molecule has 0 fully saturated rings. The lowest BCUT2D eigenvalue weighted by Crippen LogP contribution is -2.25. The monoisotopic (exact) mass is 220 g/mol. The Labute approximate surface area is 99.7 Å². The molecule has 0 unspecified atom stereocenters. The predicted octanol–water partition coefficient (Wildman–Crippen LogP) is 2.64. The molecular formula is C14H24N2. The highest BCUT2D eigenvalue weighted by atomic mass is 15.1. The van der Waals surface area contributed by atoms with Crippen LogP contribution in [0.1, 0.15) is 31.9 Å². The summed E-state index contributed by atoms with van der Waals surface area (Å²) in [6.45, 7) is 9.60. The molecule has 0 saturated heterocycles. The second-order valence-electron chi connectivity index (χ2n) is 4.61. The van der Waals surface area contributed by atoms with Crippen molar-refractivity contribution in [3.05, 3.63) is 35.4 Å². The van der Waals surface area contributed by atoms with Gasteiger partial charge in [0.15, 0.2) is 0 Å². The summed E-state index contributed by atoms with van der Waals surface area (Å²) in [4.78, 5) is 2.35. The van der Waals surface area contributed by atoms with E-state index in [4.69, 9.17) is 0 Å². The summed E-state index contributed by atoms with van der Waals surface area (Å²) in [6.07, 6.45) is 0. The molecule has 1 aromatic carbocycles. The van der Waals surface area contributed by atoms with E-state index < -0.39 is 0 Å². The van der Waals surface area contributed by atoms with Crippen LogP contribution in [0.4, 0.5) is 0 Å². The third-order valence-electron chi connectivity index (χ3n) is 2.92. The van der Waals surface area contributed by atoms with Crippen molar-refractivity contribution in [2.24, 2.45) is 0 Å². The number of nitrogens with one attached hydrogen (secondary N) is 1. The molecule has 0 atom stereocenters. The van der Waals surface area contributed by atoms with Gasteiger partial charge >= 0.3 is 0 Å². The zero-order valence-electron chi connectivity index (χ0n) is 11.0. The summed E-state index contributed by atoms with van der Waals surface area (Å²) < 4.78 is 0. The largest absolute Gasteiger partial charge is 0.313 e. The second-order valence-corrected chi connectivity index (χ2v) is 4.61. The van der Waals surface area contributed by atoms with Crippen molar-refractivity contribution in [3.63, 3.8) is 0 Å². The molecule has 0 amide bonds. The number of rotatable bonds is 6. The quantitative estimate of drug-likeness (QED) is 0.793. The molecule has 1 aromatic rings. The maximum Gasteiger partial charge on any atom is 0.0233 e. The summed E-state index contributed by atoms with van der Waals surface area (Å²) in [5.74, 6) is 0. The lowest BCUT2D eigenvalue weighted by molar-refractivity contribution is 0.266. The van der Waals surface area contributed by atoms with Crippen LogP contribution in [0.5, 0.6) is 0 Å². The highest BCUT2D eigenvalue weighted by molar-refractivity contribution is 5.22. The van der Waals surface area contributed by atoms with Crippen LogP contribution in [0.15, 0.2) is 24.3 Å². The fraction of sp³-hybridized carbons (Fsp3) is 0.571. The fourth-order valence-electron chi connectivity index (χ4n) is 1.50. The zero-order valence-corrected chi connectivity index (χ0v) is 11.0. The van der Waals surface area contributed by atoms with Crippen molar-refractivity contribution in [2.75, 3.05) is 13.6 Å². The van der Waals surface area contributed by atoms with E-state index in [0.29, 0.717) is 6.04 Å².